The van der Waals surface area contributed by atoms with Gasteiger partial charge in [0.25, 0.3) is 5.91 Å². The van der Waals surface area contributed by atoms with Crippen LogP contribution in [0.25, 0.3) is 0 Å². The standard InChI is InChI=1S/C25H20Cl2N2O5/c1-2-33-19-11-7-6-10-18(19)28-24(31)20-21(16-12-14(26)13-17(27)22(16)30)29(34-23(20)25(28)32)15-8-4-3-5-9-15/h3-13,20-21,23,30H,2H2,1H3/t20-,21-,23-/m1/s1. The first-order valence-electron chi connectivity index (χ1n) is 10.7. The molecule has 9 heteroatoms. The van der Waals surface area contributed by atoms with Crippen LogP contribution in [0.4, 0.5) is 11.4 Å². The smallest absolute Gasteiger partial charge is 0.266 e. The van der Waals surface area contributed by atoms with Gasteiger partial charge in [0.1, 0.15) is 17.4 Å². The lowest BCUT2D eigenvalue weighted by molar-refractivity contribution is -0.126. The van der Waals surface area contributed by atoms with E-state index in [4.69, 9.17) is 32.8 Å². The van der Waals surface area contributed by atoms with Crippen molar-refractivity contribution in [2.45, 2.75) is 19.1 Å². The Morgan fingerprint density at radius 2 is 1.71 bits per heavy atom. The highest BCUT2D eigenvalue weighted by atomic mass is 35.5. The highest BCUT2D eigenvalue weighted by molar-refractivity contribution is 6.35. The highest BCUT2D eigenvalue weighted by Gasteiger charge is 2.61. The quantitative estimate of drug-likeness (QED) is 0.490. The summed E-state index contributed by atoms with van der Waals surface area (Å²) in [5.41, 5.74) is 1.24. The average molecular weight is 499 g/mol. The summed E-state index contributed by atoms with van der Waals surface area (Å²) in [6.07, 6.45) is -1.11. The summed E-state index contributed by atoms with van der Waals surface area (Å²) < 4.78 is 5.65. The van der Waals surface area contributed by atoms with Gasteiger partial charge in [0.05, 0.1) is 29.0 Å². The van der Waals surface area contributed by atoms with E-state index in [1.807, 2.05) is 25.1 Å². The zero-order valence-corrected chi connectivity index (χ0v) is 19.5. The van der Waals surface area contributed by atoms with Gasteiger partial charge in [-0.3, -0.25) is 14.4 Å². The lowest BCUT2D eigenvalue weighted by Gasteiger charge is -2.29. The summed E-state index contributed by atoms with van der Waals surface area (Å²) in [4.78, 5) is 34.5. The minimum atomic E-state index is -1.11. The lowest BCUT2D eigenvalue weighted by Crippen LogP contribution is -2.37. The van der Waals surface area contributed by atoms with Crippen molar-refractivity contribution in [2.75, 3.05) is 16.6 Å². The largest absolute Gasteiger partial charge is 0.506 e. The molecule has 2 heterocycles. The number of carbonyl (C=O) groups is 2. The third-order valence-corrected chi connectivity index (χ3v) is 6.41. The number of fused-ring (bicyclic) bond motifs is 1. The van der Waals surface area contributed by atoms with Crippen molar-refractivity contribution in [3.63, 3.8) is 0 Å². The molecule has 2 aliphatic heterocycles. The SMILES string of the molecule is CCOc1ccccc1N1C(=O)[C@@H]2[C@@H](c3cc(Cl)cc(Cl)c3O)N(c3ccccc3)O[C@H]2C1=O. The molecule has 2 fully saturated rings. The number of benzene rings is 3. The van der Waals surface area contributed by atoms with Crippen LogP contribution in [0.2, 0.25) is 10.0 Å². The molecule has 0 aromatic heterocycles. The Morgan fingerprint density at radius 3 is 2.44 bits per heavy atom. The summed E-state index contributed by atoms with van der Waals surface area (Å²) in [5.74, 6) is -1.76. The van der Waals surface area contributed by atoms with Gasteiger partial charge in [-0.25, -0.2) is 9.96 Å². The van der Waals surface area contributed by atoms with Crippen molar-refractivity contribution in [3.05, 3.63) is 82.3 Å². The molecular formula is C25H20Cl2N2O5. The Kier molecular flexibility index (Phi) is 5.85. The maximum atomic E-state index is 13.8. The monoisotopic (exact) mass is 498 g/mol. The second-order valence-corrected chi connectivity index (χ2v) is 8.74. The topological polar surface area (TPSA) is 79.3 Å². The van der Waals surface area contributed by atoms with E-state index in [0.29, 0.717) is 23.7 Å². The number of rotatable bonds is 5. The van der Waals surface area contributed by atoms with Gasteiger partial charge in [0.2, 0.25) is 5.91 Å². The fraction of sp³-hybridized carbons (Fsp3) is 0.200. The van der Waals surface area contributed by atoms with Crippen molar-refractivity contribution >= 4 is 46.4 Å². The molecule has 174 valence electrons. The van der Waals surface area contributed by atoms with Crippen LogP contribution >= 0.6 is 23.2 Å². The van der Waals surface area contributed by atoms with Gasteiger partial charge >= 0.3 is 0 Å². The number of anilines is 2. The molecule has 0 unspecified atom stereocenters. The average Bonchev–Trinajstić information content (AvgIpc) is 3.33. The van der Waals surface area contributed by atoms with E-state index in [2.05, 4.69) is 0 Å². The zero-order chi connectivity index (χ0) is 24.0. The molecule has 5 rings (SSSR count). The lowest BCUT2D eigenvalue weighted by atomic mass is 9.90. The maximum Gasteiger partial charge on any atom is 0.266 e. The van der Waals surface area contributed by atoms with Gasteiger partial charge < -0.3 is 9.84 Å². The van der Waals surface area contributed by atoms with Gasteiger partial charge in [-0.05, 0) is 43.3 Å². The number of ether oxygens (including phenoxy) is 1. The minimum absolute atomic E-state index is 0.0364. The van der Waals surface area contributed by atoms with Crippen molar-refractivity contribution in [1.29, 1.82) is 0 Å². The number of halogens is 2. The molecule has 0 bridgehead atoms. The number of carbonyl (C=O) groups excluding carboxylic acids is 2. The third-order valence-electron chi connectivity index (χ3n) is 5.91. The Morgan fingerprint density at radius 1 is 1.00 bits per heavy atom. The fourth-order valence-electron chi connectivity index (χ4n) is 4.50. The second-order valence-electron chi connectivity index (χ2n) is 7.90. The zero-order valence-electron chi connectivity index (χ0n) is 18.0. The Balaban J connectivity index is 1.64. The van der Waals surface area contributed by atoms with Crippen molar-refractivity contribution in [2.24, 2.45) is 5.92 Å². The normalized spacial score (nSPS) is 21.8. The van der Waals surface area contributed by atoms with Gasteiger partial charge in [0, 0.05) is 10.6 Å². The fourth-order valence-corrected chi connectivity index (χ4v) is 5.01. The first-order chi connectivity index (χ1) is 16.4. The van der Waals surface area contributed by atoms with E-state index in [0.717, 1.165) is 4.90 Å². The number of para-hydroxylation sites is 3. The number of phenolic OH excluding ortho intramolecular Hbond substituents is 1. The molecule has 0 spiro atoms. The molecule has 0 radical (unpaired) electrons. The number of hydrogen-bond acceptors (Lipinski definition) is 6. The third kappa shape index (κ3) is 3.57. The van der Waals surface area contributed by atoms with Crippen molar-refractivity contribution in [1.82, 2.24) is 0 Å². The molecule has 7 nitrogen and oxygen atoms in total. The van der Waals surface area contributed by atoms with E-state index >= 15 is 0 Å². The van der Waals surface area contributed by atoms with Crippen LogP contribution in [0.15, 0.2) is 66.7 Å². The van der Waals surface area contributed by atoms with Crippen LogP contribution in [0.3, 0.4) is 0 Å². The summed E-state index contributed by atoms with van der Waals surface area (Å²) >= 11 is 12.5. The molecule has 0 aliphatic carbocycles. The predicted molar refractivity (Wildman–Crippen MR) is 128 cm³/mol. The van der Waals surface area contributed by atoms with E-state index in [9.17, 15) is 14.7 Å². The van der Waals surface area contributed by atoms with E-state index < -0.39 is 29.9 Å². The van der Waals surface area contributed by atoms with Crippen LogP contribution in [0.1, 0.15) is 18.5 Å². The molecule has 34 heavy (non-hydrogen) atoms. The van der Waals surface area contributed by atoms with Crippen LogP contribution in [0, 0.1) is 5.92 Å². The molecule has 2 amide bonds. The molecule has 0 saturated carbocycles. The summed E-state index contributed by atoms with van der Waals surface area (Å²) in [6, 6.07) is 18.0. The summed E-state index contributed by atoms with van der Waals surface area (Å²) in [7, 11) is 0. The van der Waals surface area contributed by atoms with Gasteiger partial charge in [0.15, 0.2) is 6.10 Å². The Hall–Kier alpha value is -3.26. The van der Waals surface area contributed by atoms with Gasteiger partial charge in [-0.15, -0.1) is 0 Å². The van der Waals surface area contributed by atoms with Crippen LogP contribution in [-0.2, 0) is 14.4 Å². The number of amides is 2. The molecule has 1 N–H and O–H groups in total. The van der Waals surface area contributed by atoms with Crippen LogP contribution < -0.4 is 14.7 Å². The Bertz CT molecular complexity index is 1270. The van der Waals surface area contributed by atoms with Gasteiger partial charge in [-0.1, -0.05) is 53.5 Å². The van der Waals surface area contributed by atoms with E-state index in [-0.39, 0.29) is 21.4 Å². The predicted octanol–water partition coefficient (Wildman–Crippen LogP) is 5.15. The molecular weight excluding hydrogens is 479 g/mol. The summed E-state index contributed by atoms with van der Waals surface area (Å²) in [5, 5.41) is 12.6. The molecule has 3 aromatic carbocycles. The molecule has 3 atom stereocenters. The van der Waals surface area contributed by atoms with Crippen molar-refractivity contribution in [3.8, 4) is 11.5 Å². The first-order valence-corrected chi connectivity index (χ1v) is 11.5. The number of hydrogen-bond donors (Lipinski definition) is 1. The summed E-state index contributed by atoms with van der Waals surface area (Å²) in [6.45, 7) is 2.19. The molecule has 2 saturated heterocycles. The number of hydroxylamine groups is 1. The van der Waals surface area contributed by atoms with Crippen LogP contribution in [-0.4, -0.2) is 29.6 Å². The van der Waals surface area contributed by atoms with E-state index in [1.54, 1.807) is 36.4 Å². The Labute approximate surface area is 206 Å². The number of imide groups is 1. The second kappa shape index (κ2) is 8.83. The first kappa shape index (κ1) is 22.5. The molecule has 2 aliphatic rings. The van der Waals surface area contributed by atoms with Crippen LogP contribution in [0.5, 0.6) is 11.5 Å². The number of aromatic hydroxyl groups is 1. The number of nitrogens with zero attached hydrogens (tertiary/aromatic N) is 2. The van der Waals surface area contributed by atoms with Gasteiger partial charge in [-0.2, -0.15) is 0 Å². The van der Waals surface area contributed by atoms with Crippen molar-refractivity contribution < 1.29 is 24.3 Å². The molecule has 3 aromatic rings. The minimum Gasteiger partial charge on any atom is -0.506 e. The van der Waals surface area contributed by atoms with E-state index in [1.165, 1.54) is 17.2 Å². The number of phenols is 1. The maximum absolute atomic E-state index is 13.8. The highest BCUT2D eigenvalue weighted by Crippen LogP contribution is 2.51.